The Kier molecular flexibility index (Phi) is 67.2. The Morgan fingerprint density at radius 1 is 0.542 bits per heavy atom. The predicted molar refractivity (Wildman–Crippen MR) is 559 cm³/mol. The number of anilines is 3. The zero-order valence-electron chi connectivity index (χ0n) is 78.6. The minimum absolute atomic E-state index is 0. The number of nitrogens with two attached hydrogens (primary N) is 2. The average Bonchev–Trinajstić information content (AvgIpc) is 1.64. The molecule has 45 heteroatoms. The summed E-state index contributed by atoms with van der Waals surface area (Å²) in [4.78, 5) is 145. The van der Waals surface area contributed by atoms with Gasteiger partial charge in [-0.2, -0.15) is 0 Å². The van der Waals surface area contributed by atoms with E-state index in [-0.39, 0.29) is 122 Å². The fourth-order valence-electron chi connectivity index (χ4n) is 11.0. The van der Waals surface area contributed by atoms with Crippen LogP contribution in [0.5, 0.6) is 0 Å². The smallest absolute Gasteiger partial charge is 1.00 e. The number of hydrogen-bond acceptors (Lipinski definition) is 30. The molecule has 16 rings (SSSR count). The number of carboxylic acid groups (broad SMARTS) is 2. The van der Waals surface area contributed by atoms with Crippen LogP contribution < -0.4 is 51.4 Å². The molecule has 1 atom stereocenters. The van der Waals surface area contributed by atoms with Crippen molar-refractivity contribution in [2.45, 2.75) is 97.2 Å². The number of hydrogen-bond donors (Lipinski definition) is 6. The molecule has 0 fully saturated rings. The number of nitro benzene ring substituents is 3. The molecule has 9 aromatic carbocycles. The number of halogens is 4. The SMILES string of the molecule is C.C.C.C.CC(=O)O.CC(=O)OOC(C)=O.CC(=O)[O-].CC(=O)c1cccc([N+](=O)[O-])c1.CCO.CN(C)/C=C/C(=O)c1cccc([N+](=O)[O-])c1.COC(C)N(C)C.FCCCNc1cccc(-c2ccn3c(n2)nc2ccccc23)c1.Nc1cccc(-c2ccn3c(n2)nc2ccccc23)c1.Nc1nc2ccccc2[nH]1.O=CCCF.O=[N+]([O-])c1cccc(-c2ccn3c(n2)nc2ccccc23)c1.[B].[Cl][Sn][Cl].[Na+]. The van der Waals surface area contributed by atoms with Gasteiger partial charge in [0, 0.05) is 182 Å². The number of aliphatic hydroxyl groups excluding tert-OH is 1. The fourth-order valence-corrected chi connectivity index (χ4v) is 11.0. The maximum Gasteiger partial charge on any atom is 1.00 e. The number of allylic oxidation sites excluding steroid dienone is 1. The Labute approximate surface area is 874 Å². The molecule has 0 spiro atoms. The summed E-state index contributed by atoms with van der Waals surface area (Å²) < 4.78 is 33.8. The summed E-state index contributed by atoms with van der Waals surface area (Å²) in [6.45, 7) is 9.44. The molecule has 0 saturated heterocycles. The molecule has 0 saturated carbocycles. The van der Waals surface area contributed by atoms with E-state index < -0.39 is 64.2 Å². The van der Waals surface area contributed by atoms with Crippen LogP contribution in [0.25, 0.3) is 95.2 Å². The standard InChI is InChI=1S/C19H17FN4.C16H10N4O2.C16H12N4.C11H12N2O3.C8H7NO3.C7H7N3.C5H13NO.C4H6O4.C3H5FO.2C2H4O2.C2H6O.4CH4.B.2ClH.Na.Sn/c20-10-4-11-21-15-6-3-5-14(13-15)16-9-12-24-18-8-2-1-7-17(18)23-19(24)22-16;21-20(22)12-5-3-4-11(10-12)13-8-9-19-15-7-2-1-6-14(15)18-16(19)17-13;17-12-5-3-4-11(10-12)13-8-9-20-15-7-2-1-6-14(15)19-16(20)18-13;1-12(2)7-6-11(14)9-4-3-5-10(8-9)13(15)16;1-6(10)7-3-2-4-8(5-7)9(11)12;8-7-9-5-3-1-2-4-6(5)10-7;1-5(7-4)6(2)3;1-3(5)7-8-4(2)6;4-2-1-3-5;2*1-2(3)4;1-2-3;;;;;;;;;/h1-3,5-9,12-13,21H,4,10-11H2;1-10H;1-10H,17H2;3-8H,1-2H3;2-5H,1H3;1-4H,(H3,8,9,10);5H,1-4H3;1-2H3;3H,1-2H2;2*1H3,(H,3,4);3H,2H2,1H3;4*1H4;;2*1H;;/q;;;;;;;;;;;;;;;;;;;+1;+2/p-3/b;;;7-6+;;;;;;;;;;;;;;;;;. The van der Waals surface area contributed by atoms with Crippen LogP contribution in [0.3, 0.4) is 0 Å². The number of imidazole rings is 4. The molecule has 759 valence electrons. The first-order valence-electron chi connectivity index (χ1n) is 41.2. The van der Waals surface area contributed by atoms with Crippen LogP contribution in [0.15, 0.2) is 267 Å². The summed E-state index contributed by atoms with van der Waals surface area (Å²) in [5.41, 5.74) is 26.4. The van der Waals surface area contributed by atoms with Crippen molar-refractivity contribution < 1.29 is 117 Å². The molecule has 0 aliphatic rings. The Morgan fingerprint density at radius 2 is 0.903 bits per heavy atom. The van der Waals surface area contributed by atoms with Crippen molar-refractivity contribution in [2.24, 2.45) is 0 Å². The van der Waals surface area contributed by atoms with Crippen LogP contribution >= 0.6 is 17.8 Å². The van der Waals surface area contributed by atoms with Gasteiger partial charge in [-0.25, -0.2) is 54.3 Å². The number of fused-ring (bicyclic) bond motifs is 10. The summed E-state index contributed by atoms with van der Waals surface area (Å²) in [5, 5.41) is 58.8. The number of carbonyl (C=O) groups is 7. The van der Waals surface area contributed by atoms with Crippen molar-refractivity contribution in [1.82, 2.24) is 62.9 Å². The zero-order valence-corrected chi connectivity index (χ0v) is 85.0. The fraction of sp³-hybridized carbons (Fsp3) is 0.232. The van der Waals surface area contributed by atoms with Crippen LogP contribution in [-0.2, 0) is 38.5 Å². The van der Waals surface area contributed by atoms with E-state index in [0.29, 0.717) is 64.9 Å². The summed E-state index contributed by atoms with van der Waals surface area (Å²) in [7, 11) is 19.1. The number of para-hydroxylation sites is 8. The summed E-state index contributed by atoms with van der Waals surface area (Å²) in [5.74, 6) is -1.18. The van der Waals surface area contributed by atoms with Gasteiger partial charge in [-0.15, -0.1) is 0 Å². The first-order valence-corrected chi connectivity index (χ1v) is 48.4. The molecular formula is C99H118BCl2F2N19NaO19Sn. The van der Waals surface area contributed by atoms with Crippen LogP contribution in [0.2, 0.25) is 0 Å². The van der Waals surface area contributed by atoms with Crippen LogP contribution in [0.1, 0.15) is 112 Å². The Balaban J connectivity index is -0.00000156. The number of nitrogens with one attached hydrogen (secondary N) is 2. The number of alkyl halides is 2. The van der Waals surface area contributed by atoms with Gasteiger partial charge in [0.2, 0.25) is 17.3 Å². The quantitative estimate of drug-likeness (QED) is 0.00444. The van der Waals surface area contributed by atoms with Gasteiger partial charge in [0.05, 0.1) is 89.3 Å². The van der Waals surface area contributed by atoms with Crippen LogP contribution in [0.4, 0.5) is 43.2 Å². The number of aldehydes is 1. The number of aliphatic hydroxyl groups is 1. The minimum atomic E-state index is -1.08. The van der Waals surface area contributed by atoms with E-state index in [1.807, 2.05) is 222 Å². The van der Waals surface area contributed by atoms with Gasteiger partial charge in [0.15, 0.2) is 17.5 Å². The van der Waals surface area contributed by atoms with Gasteiger partial charge in [0.25, 0.3) is 23.0 Å². The van der Waals surface area contributed by atoms with Gasteiger partial charge in [-0.05, 0) is 139 Å². The average molecular weight is 2140 g/mol. The number of benzene rings is 9. The second kappa shape index (κ2) is 72.5. The van der Waals surface area contributed by atoms with Crippen LogP contribution in [0, 0.1) is 30.3 Å². The third-order valence-corrected chi connectivity index (χ3v) is 17.2. The Bertz CT molecular complexity index is 6610. The first-order chi connectivity index (χ1) is 65.9. The predicted octanol–water partition coefficient (Wildman–Crippen LogP) is 15.8. The molecule has 0 aliphatic carbocycles. The largest absolute Gasteiger partial charge is 1.00 e. The minimum Gasteiger partial charge on any atom is 1.00 e. The van der Waals surface area contributed by atoms with E-state index in [2.05, 4.69) is 55.0 Å². The number of aromatic nitrogens is 11. The second-order valence-corrected chi connectivity index (χ2v) is 32.4. The number of ketones is 2. The first kappa shape index (κ1) is 133. The molecule has 1 unspecified atom stereocenters. The van der Waals surface area contributed by atoms with E-state index in [4.69, 9.17) is 63.7 Å². The van der Waals surface area contributed by atoms with E-state index in [1.165, 1.54) is 61.5 Å². The Morgan fingerprint density at radius 3 is 1.25 bits per heavy atom. The second-order valence-electron chi connectivity index (χ2n) is 28.2. The number of carboxylic acids is 2. The van der Waals surface area contributed by atoms with E-state index in [1.54, 1.807) is 63.5 Å². The zero-order chi connectivity index (χ0) is 102. The normalized spacial score (nSPS) is 9.79. The van der Waals surface area contributed by atoms with Gasteiger partial charge in [-0.1, -0.05) is 139 Å². The number of rotatable bonds is 18. The number of methoxy groups -OCH3 is 1. The third-order valence-electron chi connectivity index (χ3n) is 17.2. The van der Waals surface area contributed by atoms with Crippen molar-refractivity contribution in [2.75, 3.05) is 78.6 Å². The number of nitrogens with zero attached hydrogens (tertiary/aromatic N) is 15. The van der Waals surface area contributed by atoms with Gasteiger partial charge in [0.1, 0.15) is 12.5 Å². The number of aromatic amines is 1. The molecule has 144 heavy (non-hydrogen) atoms. The summed E-state index contributed by atoms with van der Waals surface area (Å²) >= 11 is -0.826. The molecule has 38 nitrogen and oxygen atoms in total. The molecule has 7 aromatic heterocycles. The van der Waals surface area contributed by atoms with Crippen molar-refractivity contribution in [1.29, 1.82) is 0 Å². The molecular weight excluding hydrogens is 2020 g/mol. The topological polar surface area (TPSA) is 530 Å². The molecule has 0 aliphatic heterocycles. The summed E-state index contributed by atoms with van der Waals surface area (Å²) in [6, 6.07) is 70.8. The molecule has 0 bridgehead atoms. The van der Waals surface area contributed by atoms with Gasteiger partial charge >= 0.3 is 78.2 Å². The number of Topliss-reactive ketones (excluding diaryl/α,β-unsaturated/α-hetero) is 1. The van der Waals surface area contributed by atoms with Gasteiger partial charge < -0.3 is 56.3 Å². The number of non-ortho nitro benzene ring substituents is 3. The Hall–Kier alpha value is -14.7. The van der Waals surface area contributed by atoms with Gasteiger partial charge in [-0.3, -0.25) is 71.6 Å². The number of H-pyrrole nitrogens is 1. The number of carbonyl (C=O) groups excluding carboxylic acids is 6. The van der Waals surface area contributed by atoms with E-state index in [0.717, 1.165) is 106 Å². The molecule has 5 radical (unpaired) electrons. The number of nitro groups is 3. The summed E-state index contributed by atoms with van der Waals surface area (Å²) in [6.07, 6.45) is 10.2. The number of ether oxygens (including phenoxy) is 1. The molecule has 7 heterocycles. The van der Waals surface area contributed by atoms with E-state index >= 15 is 0 Å². The van der Waals surface area contributed by atoms with E-state index in [9.17, 15) is 58.3 Å². The molecule has 0 amide bonds. The monoisotopic (exact) mass is 2140 g/mol. The maximum atomic E-state index is 12.2. The number of aliphatic carboxylic acids is 2. The van der Waals surface area contributed by atoms with Crippen molar-refractivity contribution in [3.05, 3.63) is 309 Å². The molecule has 8 N–H and O–H groups in total. The van der Waals surface area contributed by atoms with Crippen LogP contribution in [-0.4, -0.2) is 225 Å². The maximum absolute atomic E-state index is 12.2. The van der Waals surface area contributed by atoms with Crippen molar-refractivity contribution >= 4 is 183 Å². The van der Waals surface area contributed by atoms with Crippen molar-refractivity contribution in [3.63, 3.8) is 0 Å². The molecule has 16 aromatic rings. The van der Waals surface area contributed by atoms with Crippen molar-refractivity contribution in [3.8, 4) is 33.8 Å². The number of nitrogen functional groups attached to an aromatic ring is 2. The third kappa shape index (κ3) is 48.2.